The maximum atomic E-state index is 12.8. The van der Waals surface area contributed by atoms with Crippen LogP contribution >= 0.6 is 0 Å². The van der Waals surface area contributed by atoms with Gasteiger partial charge >= 0.3 is 0 Å². The third-order valence-electron chi connectivity index (χ3n) is 8.07. The predicted molar refractivity (Wildman–Crippen MR) is 178 cm³/mol. The van der Waals surface area contributed by atoms with Crippen LogP contribution in [0.4, 0.5) is 0 Å². The number of allylic oxidation sites excluding steroid dienone is 6. The van der Waals surface area contributed by atoms with E-state index >= 15 is 0 Å². The van der Waals surface area contributed by atoms with Crippen molar-refractivity contribution in [1.29, 1.82) is 0 Å². The summed E-state index contributed by atoms with van der Waals surface area (Å²) in [7, 11) is 0. The second kappa shape index (κ2) is 29.5. The highest BCUT2D eigenvalue weighted by Crippen LogP contribution is 2.22. The highest BCUT2D eigenvalue weighted by molar-refractivity contribution is 6.10. The monoisotopic (exact) mass is 590 g/mol. The SMILES string of the molecule is CC/C=C\C/C=C\C/C=C\CCCCCCCC(=O)C(O)(C(=O)CCCCCCCCCCCCCCC)C(O)CO. The van der Waals surface area contributed by atoms with Crippen molar-refractivity contribution in [3.63, 3.8) is 0 Å². The molecule has 0 heterocycles. The van der Waals surface area contributed by atoms with E-state index in [0.717, 1.165) is 70.6 Å². The Balaban J connectivity index is 4.07. The molecule has 5 nitrogen and oxygen atoms in total. The van der Waals surface area contributed by atoms with Crippen LogP contribution in [-0.2, 0) is 9.59 Å². The number of rotatable bonds is 31. The van der Waals surface area contributed by atoms with E-state index in [1.54, 1.807) is 0 Å². The largest absolute Gasteiger partial charge is 0.394 e. The summed E-state index contributed by atoms with van der Waals surface area (Å²) in [4.78, 5) is 25.6. The van der Waals surface area contributed by atoms with Gasteiger partial charge in [-0.2, -0.15) is 0 Å². The van der Waals surface area contributed by atoms with Crippen LogP contribution in [0.5, 0.6) is 0 Å². The smallest absolute Gasteiger partial charge is 0.209 e. The molecule has 0 spiro atoms. The highest BCUT2D eigenvalue weighted by Gasteiger charge is 2.48. The van der Waals surface area contributed by atoms with Gasteiger partial charge in [-0.25, -0.2) is 0 Å². The molecule has 0 aliphatic rings. The normalized spacial score (nSPS) is 14.3. The first kappa shape index (κ1) is 40.4. The average Bonchev–Trinajstić information content (AvgIpc) is 3.00. The number of hydrogen-bond acceptors (Lipinski definition) is 5. The first-order valence-corrected chi connectivity index (χ1v) is 17.5. The highest BCUT2D eigenvalue weighted by atomic mass is 16.4. The zero-order valence-corrected chi connectivity index (χ0v) is 27.4. The van der Waals surface area contributed by atoms with Crippen molar-refractivity contribution in [2.24, 2.45) is 0 Å². The van der Waals surface area contributed by atoms with Gasteiger partial charge in [0, 0.05) is 12.8 Å². The van der Waals surface area contributed by atoms with E-state index in [9.17, 15) is 24.9 Å². The third kappa shape index (κ3) is 21.2. The van der Waals surface area contributed by atoms with Gasteiger partial charge in [0.05, 0.1) is 6.61 Å². The Hall–Kier alpha value is -1.56. The Morgan fingerprint density at radius 1 is 0.571 bits per heavy atom. The van der Waals surface area contributed by atoms with E-state index in [0.29, 0.717) is 12.8 Å². The summed E-state index contributed by atoms with van der Waals surface area (Å²) in [6.45, 7) is 3.57. The molecule has 0 bridgehead atoms. The number of carbonyl (C=O) groups excluding carboxylic acids is 2. The minimum absolute atomic E-state index is 0.0393. The molecule has 0 aromatic carbocycles. The molecule has 2 atom stereocenters. The maximum Gasteiger partial charge on any atom is 0.209 e. The summed E-state index contributed by atoms with van der Waals surface area (Å²) in [5.41, 5.74) is -2.49. The van der Waals surface area contributed by atoms with E-state index in [4.69, 9.17) is 0 Å². The van der Waals surface area contributed by atoms with Crippen LogP contribution in [0.3, 0.4) is 0 Å². The molecule has 3 N–H and O–H groups in total. The molecule has 2 unspecified atom stereocenters. The van der Waals surface area contributed by atoms with Crippen LogP contribution in [0.1, 0.15) is 168 Å². The van der Waals surface area contributed by atoms with Crippen molar-refractivity contribution in [2.75, 3.05) is 6.61 Å². The molecule has 0 aliphatic heterocycles. The van der Waals surface area contributed by atoms with Gasteiger partial charge in [0.1, 0.15) is 6.10 Å². The summed E-state index contributed by atoms with van der Waals surface area (Å²) in [5, 5.41) is 30.5. The van der Waals surface area contributed by atoms with Crippen molar-refractivity contribution < 1.29 is 24.9 Å². The lowest BCUT2D eigenvalue weighted by Crippen LogP contribution is -2.57. The predicted octanol–water partition coefficient (Wildman–Crippen LogP) is 9.28. The lowest BCUT2D eigenvalue weighted by molar-refractivity contribution is -0.166. The molecule has 0 amide bonds. The van der Waals surface area contributed by atoms with Gasteiger partial charge in [-0.1, -0.05) is 147 Å². The summed E-state index contributed by atoms with van der Waals surface area (Å²) in [6, 6.07) is 0. The van der Waals surface area contributed by atoms with Crippen molar-refractivity contribution in [3.8, 4) is 0 Å². The van der Waals surface area contributed by atoms with Gasteiger partial charge in [0.25, 0.3) is 0 Å². The van der Waals surface area contributed by atoms with E-state index in [-0.39, 0.29) is 12.8 Å². The van der Waals surface area contributed by atoms with Gasteiger partial charge < -0.3 is 15.3 Å². The van der Waals surface area contributed by atoms with Crippen molar-refractivity contribution in [3.05, 3.63) is 36.5 Å². The lowest BCUT2D eigenvalue weighted by Gasteiger charge is -2.29. The fourth-order valence-electron chi connectivity index (χ4n) is 5.25. The molecule has 0 rings (SSSR count). The van der Waals surface area contributed by atoms with Gasteiger partial charge in [0.15, 0.2) is 11.6 Å². The first-order chi connectivity index (χ1) is 20.4. The fourth-order valence-corrected chi connectivity index (χ4v) is 5.25. The Morgan fingerprint density at radius 2 is 0.952 bits per heavy atom. The molecule has 0 aromatic rings. The van der Waals surface area contributed by atoms with Crippen molar-refractivity contribution >= 4 is 11.6 Å². The van der Waals surface area contributed by atoms with E-state index in [2.05, 4.69) is 50.3 Å². The zero-order chi connectivity index (χ0) is 31.2. The summed E-state index contributed by atoms with van der Waals surface area (Å²) >= 11 is 0. The van der Waals surface area contributed by atoms with Gasteiger partial charge in [0.2, 0.25) is 5.60 Å². The second-order valence-electron chi connectivity index (χ2n) is 11.9. The van der Waals surface area contributed by atoms with Crippen LogP contribution in [0, 0.1) is 0 Å². The Labute approximate surface area is 259 Å². The van der Waals surface area contributed by atoms with Crippen molar-refractivity contribution in [1.82, 2.24) is 0 Å². The lowest BCUT2D eigenvalue weighted by atomic mass is 9.82. The number of hydrogen-bond donors (Lipinski definition) is 3. The molecule has 0 aliphatic carbocycles. The Bertz CT molecular complexity index is 726. The quantitative estimate of drug-likeness (QED) is 0.0425. The van der Waals surface area contributed by atoms with Crippen LogP contribution < -0.4 is 0 Å². The van der Waals surface area contributed by atoms with E-state index in [1.807, 2.05) is 0 Å². The molecule has 0 aromatic heterocycles. The minimum Gasteiger partial charge on any atom is -0.394 e. The Morgan fingerprint density at radius 3 is 1.38 bits per heavy atom. The molecule has 0 saturated heterocycles. The molecular formula is C37H66O5. The number of unbranched alkanes of at least 4 members (excludes halogenated alkanes) is 17. The average molecular weight is 591 g/mol. The number of ketones is 2. The molecular weight excluding hydrogens is 524 g/mol. The minimum atomic E-state index is -2.49. The maximum absolute atomic E-state index is 12.8. The van der Waals surface area contributed by atoms with Gasteiger partial charge in [-0.3, -0.25) is 9.59 Å². The summed E-state index contributed by atoms with van der Waals surface area (Å²) in [6.07, 6.45) is 35.5. The molecule has 244 valence electrons. The molecule has 0 fully saturated rings. The van der Waals surface area contributed by atoms with Crippen LogP contribution in [0.25, 0.3) is 0 Å². The summed E-state index contributed by atoms with van der Waals surface area (Å²) in [5.74, 6) is -1.32. The second-order valence-corrected chi connectivity index (χ2v) is 11.9. The standard InChI is InChI=1S/C37H66O5/c1-3-5-7-9-11-13-15-17-18-20-22-24-26-28-30-32-35(40)37(42,36(41)33-38)34(39)31-29-27-25-23-21-19-16-14-12-10-8-6-4-2/h5,7,11,13,17-18,36,38,41-42H,3-4,6,8-10,12,14-16,19-33H2,1-2H3/b7-5-,13-11-,18-17-. The van der Waals surface area contributed by atoms with Crippen LogP contribution in [-0.4, -0.2) is 45.2 Å². The van der Waals surface area contributed by atoms with Gasteiger partial charge in [-0.15, -0.1) is 0 Å². The van der Waals surface area contributed by atoms with E-state index < -0.39 is 29.9 Å². The topological polar surface area (TPSA) is 94.8 Å². The molecule has 0 saturated carbocycles. The fraction of sp³-hybridized carbons (Fsp3) is 0.784. The molecule has 42 heavy (non-hydrogen) atoms. The van der Waals surface area contributed by atoms with Crippen LogP contribution in [0.15, 0.2) is 36.5 Å². The number of aliphatic hydroxyl groups excluding tert-OH is 2. The summed E-state index contributed by atoms with van der Waals surface area (Å²) < 4.78 is 0. The third-order valence-corrected chi connectivity index (χ3v) is 8.07. The van der Waals surface area contributed by atoms with Gasteiger partial charge in [-0.05, 0) is 44.9 Å². The number of Topliss-reactive ketones (excluding diaryl/α,β-unsaturated/α-hetero) is 2. The van der Waals surface area contributed by atoms with Crippen LogP contribution in [0.2, 0.25) is 0 Å². The Kier molecular flexibility index (Phi) is 28.4. The number of carbonyl (C=O) groups is 2. The van der Waals surface area contributed by atoms with E-state index in [1.165, 1.54) is 57.8 Å². The molecule has 0 radical (unpaired) electrons. The zero-order valence-electron chi connectivity index (χ0n) is 27.4. The first-order valence-electron chi connectivity index (χ1n) is 17.5. The molecule has 5 heteroatoms. The number of aliphatic hydroxyl groups is 3. The van der Waals surface area contributed by atoms with Crippen molar-refractivity contribution in [2.45, 2.75) is 180 Å².